The number of hydrogen-bond acceptors (Lipinski definition) is 4. The second-order valence-electron chi connectivity index (χ2n) is 6.61. The average Bonchev–Trinajstić information content (AvgIpc) is 3.11. The summed E-state index contributed by atoms with van der Waals surface area (Å²) in [5.74, 6) is -0.511. The molecule has 0 aromatic heterocycles. The summed E-state index contributed by atoms with van der Waals surface area (Å²) in [6.07, 6.45) is 1.52. The van der Waals surface area contributed by atoms with Crippen LogP contribution in [0.3, 0.4) is 0 Å². The molecule has 2 aliphatic heterocycles. The van der Waals surface area contributed by atoms with Gasteiger partial charge in [0, 0.05) is 46.2 Å². The van der Waals surface area contributed by atoms with Crippen molar-refractivity contribution in [2.24, 2.45) is 0 Å². The van der Waals surface area contributed by atoms with Crippen LogP contribution in [-0.4, -0.2) is 55.5 Å². The van der Waals surface area contributed by atoms with Crippen molar-refractivity contribution >= 4 is 17.5 Å². The van der Waals surface area contributed by atoms with E-state index < -0.39 is 6.04 Å². The maximum absolute atomic E-state index is 14.4. The van der Waals surface area contributed by atoms with Gasteiger partial charge in [-0.25, -0.2) is 4.39 Å². The summed E-state index contributed by atoms with van der Waals surface area (Å²) in [5.41, 5.74) is 1.33. The molecule has 1 unspecified atom stereocenters. The second-order valence-corrected chi connectivity index (χ2v) is 6.61. The van der Waals surface area contributed by atoms with Crippen LogP contribution in [0.25, 0.3) is 0 Å². The monoisotopic (exact) mass is 348 g/mol. The van der Waals surface area contributed by atoms with Crippen molar-refractivity contribution in [2.75, 3.05) is 37.6 Å². The first-order valence-electron chi connectivity index (χ1n) is 8.85. The number of piperazine rings is 1. The van der Waals surface area contributed by atoms with Crippen molar-refractivity contribution in [3.8, 4) is 0 Å². The minimum absolute atomic E-state index is 0.0796. The lowest BCUT2D eigenvalue weighted by atomic mass is 10.1. The Morgan fingerprint density at radius 1 is 1.28 bits per heavy atom. The number of nitrogens with zero attached hydrogens (tertiary/aromatic N) is 2. The number of carbonyl (C=O) groups excluding carboxylic acids is 2. The van der Waals surface area contributed by atoms with Gasteiger partial charge in [-0.1, -0.05) is 6.07 Å². The van der Waals surface area contributed by atoms with Gasteiger partial charge in [0.15, 0.2) is 0 Å². The lowest BCUT2D eigenvalue weighted by molar-refractivity contribution is -0.136. The van der Waals surface area contributed by atoms with Gasteiger partial charge in [-0.3, -0.25) is 9.59 Å². The standard InChI is InChI=1S/C18H25FN4O2/c1-13(24)23-8-2-3-17(23)18(25)21-12-14-4-5-16(15(19)11-14)22-9-6-20-7-10-22/h4-5,11,17,20H,2-3,6-10,12H2,1H3,(H,21,25). The molecule has 25 heavy (non-hydrogen) atoms. The van der Waals surface area contributed by atoms with E-state index in [0.29, 0.717) is 18.7 Å². The number of anilines is 1. The fourth-order valence-corrected chi connectivity index (χ4v) is 3.55. The third kappa shape index (κ3) is 4.10. The summed E-state index contributed by atoms with van der Waals surface area (Å²) in [4.78, 5) is 27.5. The van der Waals surface area contributed by atoms with Gasteiger partial charge in [0.1, 0.15) is 11.9 Å². The fourth-order valence-electron chi connectivity index (χ4n) is 3.55. The molecular weight excluding hydrogens is 323 g/mol. The molecule has 0 radical (unpaired) electrons. The van der Waals surface area contributed by atoms with Crippen LogP contribution in [0.1, 0.15) is 25.3 Å². The molecule has 2 amide bonds. The zero-order valence-corrected chi connectivity index (χ0v) is 14.6. The molecule has 2 aliphatic rings. The van der Waals surface area contributed by atoms with Gasteiger partial charge in [-0.2, -0.15) is 0 Å². The number of nitrogens with one attached hydrogen (secondary N) is 2. The highest BCUT2D eigenvalue weighted by molar-refractivity contribution is 5.87. The summed E-state index contributed by atoms with van der Waals surface area (Å²) in [6.45, 7) is 5.65. The molecule has 2 N–H and O–H groups in total. The fraction of sp³-hybridized carbons (Fsp3) is 0.556. The number of carbonyl (C=O) groups is 2. The Labute approximate surface area is 147 Å². The number of rotatable bonds is 4. The van der Waals surface area contributed by atoms with E-state index in [4.69, 9.17) is 0 Å². The minimum Gasteiger partial charge on any atom is -0.367 e. The van der Waals surface area contributed by atoms with Gasteiger partial charge in [-0.05, 0) is 30.5 Å². The summed E-state index contributed by atoms with van der Waals surface area (Å²) in [5, 5.41) is 6.08. The molecule has 6 nitrogen and oxygen atoms in total. The van der Waals surface area contributed by atoms with Gasteiger partial charge in [-0.15, -0.1) is 0 Å². The predicted octanol–water partition coefficient (Wildman–Crippen LogP) is 0.862. The average molecular weight is 348 g/mol. The van der Waals surface area contributed by atoms with Gasteiger partial charge >= 0.3 is 0 Å². The highest BCUT2D eigenvalue weighted by Gasteiger charge is 2.32. The highest BCUT2D eigenvalue weighted by atomic mass is 19.1. The summed E-state index contributed by atoms with van der Waals surface area (Å²) < 4.78 is 14.4. The molecule has 1 aromatic carbocycles. The summed E-state index contributed by atoms with van der Waals surface area (Å²) in [7, 11) is 0. The Hall–Kier alpha value is -2.15. The van der Waals surface area contributed by atoms with Crippen LogP contribution < -0.4 is 15.5 Å². The maximum atomic E-state index is 14.4. The van der Waals surface area contributed by atoms with E-state index in [-0.39, 0.29) is 24.2 Å². The second kappa shape index (κ2) is 7.82. The Morgan fingerprint density at radius 3 is 2.72 bits per heavy atom. The van der Waals surface area contributed by atoms with Crippen LogP contribution in [-0.2, 0) is 16.1 Å². The first-order valence-corrected chi connectivity index (χ1v) is 8.85. The highest BCUT2D eigenvalue weighted by Crippen LogP contribution is 2.21. The molecule has 2 saturated heterocycles. The molecule has 0 aliphatic carbocycles. The lowest BCUT2D eigenvalue weighted by Gasteiger charge is -2.29. The molecule has 136 valence electrons. The van der Waals surface area contributed by atoms with Gasteiger partial charge in [0.25, 0.3) is 0 Å². The summed E-state index contributed by atoms with van der Waals surface area (Å²) in [6, 6.07) is 4.70. The molecule has 0 saturated carbocycles. The summed E-state index contributed by atoms with van der Waals surface area (Å²) >= 11 is 0. The molecular formula is C18H25FN4O2. The number of amides is 2. The first-order chi connectivity index (χ1) is 12.1. The largest absolute Gasteiger partial charge is 0.367 e. The lowest BCUT2D eigenvalue weighted by Crippen LogP contribution is -2.45. The molecule has 1 atom stereocenters. The zero-order chi connectivity index (χ0) is 17.8. The third-order valence-corrected chi connectivity index (χ3v) is 4.90. The van der Waals surface area contributed by atoms with Crippen LogP contribution in [0.5, 0.6) is 0 Å². The van der Waals surface area contributed by atoms with E-state index in [1.54, 1.807) is 11.0 Å². The van der Waals surface area contributed by atoms with Crippen molar-refractivity contribution < 1.29 is 14.0 Å². The Morgan fingerprint density at radius 2 is 2.04 bits per heavy atom. The topological polar surface area (TPSA) is 64.7 Å². The van der Waals surface area contributed by atoms with Crippen LogP contribution in [0.2, 0.25) is 0 Å². The molecule has 7 heteroatoms. The normalized spacial score (nSPS) is 20.6. The van der Waals surface area contributed by atoms with E-state index in [2.05, 4.69) is 10.6 Å². The maximum Gasteiger partial charge on any atom is 0.243 e. The Balaban J connectivity index is 1.59. The van der Waals surface area contributed by atoms with Gasteiger partial charge < -0.3 is 20.4 Å². The van der Waals surface area contributed by atoms with E-state index in [1.807, 2.05) is 11.0 Å². The molecule has 0 bridgehead atoms. The van der Waals surface area contributed by atoms with E-state index in [0.717, 1.165) is 38.2 Å². The molecule has 1 aromatic rings. The van der Waals surface area contributed by atoms with E-state index >= 15 is 0 Å². The van der Waals surface area contributed by atoms with Crippen LogP contribution in [0, 0.1) is 5.82 Å². The Kier molecular flexibility index (Phi) is 5.53. The number of halogens is 1. The van der Waals surface area contributed by atoms with Crippen molar-refractivity contribution in [3.63, 3.8) is 0 Å². The van der Waals surface area contributed by atoms with Gasteiger partial charge in [0.05, 0.1) is 5.69 Å². The van der Waals surface area contributed by atoms with Crippen LogP contribution >= 0.6 is 0 Å². The molecule has 2 heterocycles. The van der Waals surface area contributed by atoms with Crippen molar-refractivity contribution in [1.29, 1.82) is 0 Å². The van der Waals surface area contributed by atoms with Gasteiger partial charge in [0.2, 0.25) is 11.8 Å². The minimum atomic E-state index is -0.400. The van der Waals surface area contributed by atoms with Crippen molar-refractivity contribution in [1.82, 2.24) is 15.5 Å². The van der Waals surface area contributed by atoms with E-state index in [1.165, 1.54) is 13.0 Å². The number of likely N-dealkylation sites (tertiary alicyclic amines) is 1. The Bertz CT molecular complexity index is 646. The zero-order valence-electron chi connectivity index (χ0n) is 14.6. The molecule has 0 spiro atoms. The SMILES string of the molecule is CC(=O)N1CCCC1C(=O)NCc1ccc(N2CCNCC2)c(F)c1. The van der Waals surface area contributed by atoms with Crippen molar-refractivity contribution in [2.45, 2.75) is 32.4 Å². The number of benzene rings is 1. The van der Waals surface area contributed by atoms with Crippen molar-refractivity contribution in [3.05, 3.63) is 29.6 Å². The number of hydrogen-bond donors (Lipinski definition) is 2. The van der Waals surface area contributed by atoms with E-state index in [9.17, 15) is 14.0 Å². The molecule has 2 fully saturated rings. The molecule has 3 rings (SSSR count). The van der Waals surface area contributed by atoms with Crippen LogP contribution in [0.4, 0.5) is 10.1 Å². The predicted molar refractivity (Wildman–Crippen MR) is 93.7 cm³/mol. The first kappa shape index (κ1) is 17.7. The van der Waals surface area contributed by atoms with Crippen LogP contribution in [0.15, 0.2) is 18.2 Å². The smallest absolute Gasteiger partial charge is 0.243 e. The quantitative estimate of drug-likeness (QED) is 0.847. The third-order valence-electron chi connectivity index (χ3n) is 4.90.